The fourth-order valence-corrected chi connectivity index (χ4v) is 4.52. The lowest BCUT2D eigenvalue weighted by Crippen LogP contribution is -2.06. The Morgan fingerprint density at radius 3 is 1.94 bits per heavy atom. The van der Waals surface area contributed by atoms with Crippen LogP contribution in [-0.4, -0.2) is 5.97 Å². The molecule has 4 nitrogen and oxygen atoms in total. The molecule has 0 aromatic heterocycles. The van der Waals surface area contributed by atoms with Crippen LogP contribution in [0, 0.1) is 41.4 Å². The molecule has 0 unspecified atom stereocenters. The second kappa shape index (κ2) is 7.98. The zero-order valence-corrected chi connectivity index (χ0v) is 17.9. The average Bonchev–Trinajstić information content (AvgIpc) is 3.73. The van der Waals surface area contributed by atoms with Gasteiger partial charge in [-0.1, -0.05) is 60.2 Å². The van der Waals surface area contributed by atoms with E-state index in [9.17, 15) is 15.3 Å². The highest BCUT2D eigenvalue weighted by molar-refractivity contribution is 6.07. The number of ether oxygens (including phenoxy) is 1. The molecule has 32 heavy (non-hydrogen) atoms. The maximum atomic E-state index is 13.3. The van der Waals surface area contributed by atoms with E-state index in [-0.39, 0.29) is 11.3 Å². The minimum Gasteiger partial charge on any atom is -0.420 e. The molecule has 2 saturated carbocycles. The second-order valence-electron chi connectivity index (χ2n) is 8.68. The molecule has 1 heterocycles. The summed E-state index contributed by atoms with van der Waals surface area (Å²) >= 11 is 0. The summed E-state index contributed by atoms with van der Waals surface area (Å²) in [6.45, 7) is 2.03. The Hall–Kier alpha value is -3.89. The normalized spacial score (nSPS) is 19.2. The molecule has 156 valence electrons. The van der Waals surface area contributed by atoms with Crippen molar-refractivity contribution in [3.63, 3.8) is 0 Å². The molecule has 0 N–H and O–H groups in total. The number of carbonyl (C=O) groups is 1. The van der Waals surface area contributed by atoms with Crippen molar-refractivity contribution in [2.75, 3.05) is 0 Å². The van der Waals surface area contributed by atoms with Gasteiger partial charge in [0.05, 0.1) is 5.57 Å². The van der Waals surface area contributed by atoms with Crippen molar-refractivity contribution in [1.29, 1.82) is 10.5 Å². The lowest BCUT2D eigenvalue weighted by molar-refractivity contribution is -0.132. The van der Waals surface area contributed by atoms with Gasteiger partial charge in [0.1, 0.15) is 12.1 Å². The maximum absolute atomic E-state index is 13.3. The van der Waals surface area contributed by atoms with Gasteiger partial charge in [-0.3, -0.25) is 0 Å². The third-order valence-electron chi connectivity index (χ3n) is 6.30. The number of nitriles is 2. The Kier molecular flexibility index (Phi) is 5.00. The van der Waals surface area contributed by atoms with Crippen molar-refractivity contribution >= 4 is 11.5 Å². The molecule has 0 spiro atoms. The molecule has 1 aliphatic heterocycles. The van der Waals surface area contributed by atoms with Crippen LogP contribution in [0.15, 0.2) is 82.6 Å². The zero-order chi connectivity index (χ0) is 22.2. The molecule has 2 aliphatic carbocycles. The van der Waals surface area contributed by atoms with Crippen molar-refractivity contribution in [2.45, 2.75) is 32.6 Å². The lowest BCUT2D eigenvalue weighted by atomic mass is 9.85. The van der Waals surface area contributed by atoms with E-state index in [0.29, 0.717) is 23.0 Å². The highest BCUT2D eigenvalue weighted by Crippen LogP contribution is 2.54. The predicted octanol–water partition coefficient (Wildman–Crippen LogP) is 5.77. The lowest BCUT2D eigenvalue weighted by Gasteiger charge is -2.16. The largest absolute Gasteiger partial charge is 0.420 e. The Morgan fingerprint density at radius 1 is 0.844 bits per heavy atom. The van der Waals surface area contributed by atoms with Gasteiger partial charge >= 0.3 is 5.97 Å². The monoisotopic (exact) mass is 418 g/mol. The van der Waals surface area contributed by atoms with Crippen LogP contribution in [0.1, 0.15) is 42.4 Å². The number of hydrogen-bond donors (Lipinski definition) is 0. The molecule has 1 saturated heterocycles. The molecule has 3 fully saturated rings. The summed E-state index contributed by atoms with van der Waals surface area (Å²) in [7, 11) is 0. The summed E-state index contributed by atoms with van der Waals surface area (Å²) in [5, 5.41) is 19.3. The molecule has 0 amide bonds. The number of aryl methyl sites for hydroxylation is 1. The zero-order valence-electron chi connectivity index (χ0n) is 17.9. The van der Waals surface area contributed by atoms with Crippen molar-refractivity contribution in [2.24, 2.45) is 11.8 Å². The molecule has 5 rings (SSSR count). The van der Waals surface area contributed by atoms with Crippen LogP contribution < -0.4 is 0 Å². The van der Waals surface area contributed by atoms with Gasteiger partial charge in [0.2, 0.25) is 0 Å². The summed E-state index contributed by atoms with van der Waals surface area (Å²) in [4.78, 5) is 13.3. The smallest absolute Gasteiger partial charge is 0.344 e. The third kappa shape index (κ3) is 3.55. The molecule has 3 aliphatic rings. The van der Waals surface area contributed by atoms with Gasteiger partial charge in [-0.05, 0) is 61.1 Å². The van der Waals surface area contributed by atoms with Crippen LogP contribution in [0.5, 0.6) is 0 Å². The van der Waals surface area contributed by atoms with E-state index in [0.717, 1.165) is 53.5 Å². The maximum Gasteiger partial charge on any atom is 0.344 e. The Morgan fingerprint density at radius 2 is 1.41 bits per heavy atom. The van der Waals surface area contributed by atoms with Crippen LogP contribution >= 0.6 is 0 Å². The van der Waals surface area contributed by atoms with Crippen molar-refractivity contribution in [3.8, 4) is 12.1 Å². The van der Waals surface area contributed by atoms with E-state index < -0.39 is 5.97 Å². The molecular formula is C28H22N2O2. The van der Waals surface area contributed by atoms with E-state index in [4.69, 9.17) is 4.74 Å². The summed E-state index contributed by atoms with van der Waals surface area (Å²) in [5.41, 5.74) is 5.95. The van der Waals surface area contributed by atoms with Crippen molar-refractivity contribution in [1.82, 2.24) is 0 Å². The Bertz CT molecular complexity index is 1240. The fraction of sp³-hybridized carbons (Fsp3) is 0.250. The van der Waals surface area contributed by atoms with Crippen molar-refractivity contribution < 1.29 is 9.53 Å². The van der Waals surface area contributed by atoms with Gasteiger partial charge < -0.3 is 4.74 Å². The van der Waals surface area contributed by atoms with Crippen LogP contribution in [-0.2, 0) is 9.53 Å². The van der Waals surface area contributed by atoms with E-state index >= 15 is 0 Å². The van der Waals surface area contributed by atoms with E-state index in [1.54, 1.807) is 0 Å². The molecule has 0 radical (unpaired) electrons. The quantitative estimate of drug-likeness (QED) is 0.359. The number of rotatable bonds is 4. The summed E-state index contributed by atoms with van der Waals surface area (Å²) in [5.74, 6) is 0.435. The molecule has 2 aromatic rings. The van der Waals surface area contributed by atoms with Crippen LogP contribution in [0.25, 0.3) is 5.57 Å². The van der Waals surface area contributed by atoms with E-state index in [1.165, 1.54) is 0 Å². The van der Waals surface area contributed by atoms with Crippen LogP contribution in [0.2, 0.25) is 0 Å². The first-order chi connectivity index (χ1) is 15.6. The van der Waals surface area contributed by atoms with E-state index in [1.807, 2.05) is 73.7 Å². The topological polar surface area (TPSA) is 73.9 Å². The van der Waals surface area contributed by atoms with Gasteiger partial charge in [0.25, 0.3) is 0 Å². The fourth-order valence-electron chi connectivity index (χ4n) is 4.52. The predicted molar refractivity (Wildman–Crippen MR) is 120 cm³/mol. The van der Waals surface area contributed by atoms with Crippen LogP contribution in [0.4, 0.5) is 0 Å². The first-order valence-corrected chi connectivity index (χ1v) is 11.0. The molecular weight excluding hydrogens is 396 g/mol. The number of carbonyl (C=O) groups excluding carboxylic acids is 1. The average molecular weight is 418 g/mol. The molecule has 0 atom stereocenters. The van der Waals surface area contributed by atoms with Gasteiger partial charge in [0.15, 0.2) is 11.3 Å². The van der Waals surface area contributed by atoms with Gasteiger partial charge in [-0.25, -0.2) is 4.79 Å². The minimum absolute atomic E-state index is 0.0910. The highest BCUT2D eigenvalue weighted by atomic mass is 16.5. The van der Waals surface area contributed by atoms with Gasteiger partial charge in [0, 0.05) is 11.1 Å². The molecule has 0 bridgehead atoms. The Balaban J connectivity index is 1.91. The van der Waals surface area contributed by atoms with E-state index in [2.05, 4.69) is 0 Å². The number of allylic oxidation sites excluding steroid dienone is 3. The van der Waals surface area contributed by atoms with Crippen LogP contribution in [0.3, 0.4) is 0 Å². The van der Waals surface area contributed by atoms with Gasteiger partial charge in [-0.2, -0.15) is 10.5 Å². The van der Waals surface area contributed by atoms with Crippen molar-refractivity contribution in [3.05, 3.63) is 99.3 Å². The molecule has 2 aromatic carbocycles. The first kappa shape index (κ1) is 20.0. The SMILES string of the molecule is Cc1ccc(/C(=C2\C(=C(C#N)C#N)OC(=O)C2=C(C2CC2)C2CC2)c2ccccc2)cc1. The number of nitrogens with zero attached hydrogens (tertiary/aromatic N) is 2. The number of benzene rings is 2. The number of hydrogen-bond acceptors (Lipinski definition) is 4. The number of cyclic esters (lactones) is 1. The van der Waals surface area contributed by atoms with Gasteiger partial charge in [-0.15, -0.1) is 0 Å². The summed E-state index contributed by atoms with van der Waals surface area (Å²) in [6, 6.07) is 21.8. The highest BCUT2D eigenvalue weighted by Gasteiger charge is 2.46. The standard InChI is InChI=1S/C28H22N2O2/c1-17-7-9-19(10-8-17)23(18-5-3-2-4-6-18)25-26(24(20-11-12-20)21-13-14-21)28(31)32-27(25)22(15-29)16-30/h2-10,20-21H,11-14H2,1H3/b25-23-. The second-order valence-corrected chi connectivity index (χ2v) is 8.68. The molecule has 4 heteroatoms. The first-order valence-electron chi connectivity index (χ1n) is 11.0. The Labute approximate surface area is 187 Å². The third-order valence-corrected chi connectivity index (χ3v) is 6.30. The summed E-state index contributed by atoms with van der Waals surface area (Å²) in [6.07, 6.45) is 4.29. The number of esters is 1. The summed E-state index contributed by atoms with van der Waals surface area (Å²) < 4.78 is 5.69. The minimum atomic E-state index is -0.438.